The predicted octanol–water partition coefficient (Wildman–Crippen LogP) is 2.39. The zero-order valence-electron chi connectivity index (χ0n) is 13.7. The molecule has 2 aromatic rings. The Kier molecular flexibility index (Phi) is 5.80. The molecular weight excluding hydrogens is 332 g/mol. The van der Waals surface area contributed by atoms with Gasteiger partial charge in [0.25, 0.3) is 0 Å². The third-order valence-corrected chi connectivity index (χ3v) is 4.53. The minimum atomic E-state index is -3.38. The third kappa shape index (κ3) is 4.72. The Balaban J connectivity index is 2.12. The van der Waals surface area contributed by atoms with Gasteiger partial charge in [-0.25, -0.2) is 8.42 Å². The molecule has 9 heteroatoms. The smallest absolute Gasteiger partial charge is 0.233 e. The summed E-state index contributed by atoms with van der Waals surface area (Å²) in [6.07, 6.45) is 0.527. The molecule has 24 heavy (non-hydrogen) atoms. The molecule has 0 aliphatic heterocycles. The van der Waals surface area contributed by atoms with Crippen LogP contribution in [0.3, 0.4) is 0 Å². The fourth-order valence-corrected chi connectivity index (χ4v) is 3.04. The fourth-order valence-electron chi connectivity index (χ4n) is 1.97. The lowest BCUT2D eigenvalue weighted by atomic mass is 10.2. The largest absolute Gasteiger partial charge is 0.497 e. The van der Waals surface area contributed by atoms with Gasteiger partial charge in [0.2, 0.25) is 10.0 Å². The molecule has 0 atom stereocenters. The summed E-state index contributed by atoms with van der Waals surface area (Å²) >= 11 is 0. The van der Waals surface area contributed by atoms with E-state index in [9.17, 15) is 8.42 Å². The van der Waals surface area contributed by atoms with Crippen LogP contribution in [0, 0.1) is 0 Å². The van der Waals surface area contributed by atoms with Gasteiger partial charge in [0, 0.05) is 6.07 Å². The number of methoxy groups -OCH3 is 2. The van der Waals surface area contributed by atoms with Crippen molar-refractivity contribution in [1.82, 2.24) is 10.2 Å². The van der Waals surface area contributed by atoms with Crippen LogP contribution in [-0.2, 0) is 10.0 Å². The molecule has 1 aromatic carbocycles. The van der Waals surface area contributed by atoms with Crippen molar-refractivity contribution in [2.75, 3.05) is 30.0 Å². The van der Waals surface area contributed by atoms with Crippen molar-refractivity contribution in [3.05, 3.63) is 30.3 Å². The van der Waals surface area contributed by atoms with E-state index in [2.05, 4.69) is 20.2 Å². The van der Waals surface area contributed by atoms with Crippen molar-refractivity contribution in [2.45, 2.75) is 13.3 Å². The van der Waals surface area contributed by atoms with E-state index in [1.165, 1.54) is 0 Å². The molecule has 0 radical (unpaired) electrons. The maximum atomic E-state index is 11.7. The molecule has 1 aromatic heterocycles. The lowest BCUT2D eigenvalue weighted by Gasteiger charge is -2.12. The first kappa shape index (κ1) is 17.8. The van der Waals surface area contributed by atoms with Gasteiger partial charge in [-0.1, -0.05) is 6.92 Å². The number of aromatic nitrogens is 2. The summed E-state index contributed by atoms with van der Waals surface area (Å²) in [5.41, 5.74) is 0.687. The van der Waals surface area contributed by atoms with Gasteiger partial charge in [0.15, 0.2) is 11.6 Å². The molecule has 0 unspecified atom stereocenters. The molecule has 0 bridgehead atoms. The highest BCUT2D eigenvalue weighted by atomic mass is 32.2. The number of sulfonamides is 1. The fraction of sp³-hybridized carbons (Fsp3) is 0.333. The monoisotopic (exact) mass is 352 g/mol. The number of ether oxygens (including phenoxy) is 2. The number of benzene rings is 1. The van der Waals surface area contributed by atoms with Gasteiger partial charge in [-0.2, -0.15) is 0 Å². The Hall–Kier alpha value is -2.55. The van der Waals surface area contributed by atoms with Crippen molar-refractivity contribution in [3.63, 3.8) is 0 Å². The second-order valence-corrected chi connectivity index (χ2v) is 6.76. The molecule has 0 saturated heterocycles. The molecule has 2 N–H and O–H groups in total. The minimum absolute atomic E-state index is 0.0394. The van der Waals surface area contributed by atoms with Gasteiger partial charge in [0.05, 0.1) is 25.7 Å². The maximum absolute atomic E-state index is 11.7. The van der Waals surface area contributed by atoms with Crippen LogP contribution < -0.4 is 19.5 Å². The molecule has 8 nitrogen and oxygen atoms in total. The number of hydrogen-bond acceptors (Lipinski definition) is 7. The molecule has 0 spiro atoms. The molecule has 1 heterocycles. The van der Waals surface area contributed by atoms with Crippen LogP contribution in [-0.4, -0.2) is 38.6 Å². The van der Waals surface area contributed by atoms with Gasteiger partial charge in [-0.15, -0.1) is 10.2 Å². The van der Waals surface area contributed by atoms with Crippen LogP contribution >= 0.6 is 0 Å². The number of nitrogens with zero attached hydrogens (tertiary/aromatic N) is 2. The Morgan fingerprint density at radius 3 is 2.33 bits per heavy atom. The van der Waals surface area contributed by atoms with Gasteiger partial charge in [0.1, 0.15) is 11.5 Å². The highest BCUT2D eigenvalue weighted by Gasteiger charge is 2.11. The second kappa shape index (κ2) is 7.82. The van der Waals surface area contributed by atoms with Gasteiger partial charge >= 0.3 is 0 Å². The normalized spacial score (nSPS) is 11.0. The van der Waals surface area contributed by atoms with Crippen LogP contribution in [0.2, 0.25) is 0 Å². The number of nitrogens with one attached hydrogen (secondary N) is 2. The Morgan fingerprint density at radius 2 is 1.75 bits per heavy atom. The van der Waals surface area contributed by atoms with Crippen molar-refractivity contribution in [1.29, 1.82) is 0 Å². The van der Waals surface area contributed by atoms with Crippen molar-refractivity contribution >= 4 is 27.3 Å². The van der Waals surface area contributed by atoms with E-state index in [-0.39, 0.29) is 11.6 Å². The molecule has 130 valence electrons. The SMILES string of the molecule is CCCS(=O)(=O)Nc1ccc(Nc2ccc(OC)cc2OC)nn1. The summed E-state index contributed by atoms with van der Waals surface area (Å²) in [6, 6.07) is 8.48. The van der Waals surface area contributed by atoms with Gasteiger partial charge in [-0.3, -0.25) is 4.72 Å². The lowest BCUT2D eigenvalue weighted by Crippen LogP contribution is -2.17. The quantitative estimate of drug-likeness (QED) is 0.752. The van der Waals surface area contributed by atoms with Crippen LogP contribution in [0.25, 0.3) is 0 Å². The molecule has 2 rings (SSSR count). The Labute approximate surface area is 141 Å². The van der Waals surface area contributed by atoms with Crippen molar-refractivity contribution < 1.29 is 17.9 Å². The molecule has 0 saturated carbocycles. The average molecular weight is 352 g/mol. The number of rotatable bonds is 8. The van der Waals surface area contributed by atoms with Crippen molar-refractivity contribution in [2.24, 2.45) is 0 Å². The first-order valence-electron chi connectivity index (χ1n) is 7.30. The Bertz CT molecular complexity index is 779. The van der Waals surface area contributed by atoms with Crippen molar-refractivity contribution in [3.8, 4) is 11.5 Å². The standard InChI is InChI=1S/C15H20N4O4S/c1-4-9-24(20,21)19-15-8-7-14(17-18-15)16-12-6-5-11(22-2)10-13(12)23-3/h5-8,10H,4,9H2,1-3H3,(H,16,17)(H,18,19). The second-order valence-electron chi connectivity index (χ2n) is 4.92. The topological polar surface area (TPSA) is 102 Å². The zero-order valence-corrected chi connectivity index (χ0v) is 14.6. The molecular formula is C15H20N4O4S. The van der Waals surface area contributed by atoms with E-state index < -0.39 is 10.0 Å². The zero-order chi connectivity index (χ0) is 17.6. The molecule has 0 fully saturated rings. The highest BCUT2D eigenvalue weighted by Crippen LogP contribution is 2.30. The number of anilines is 3. The van der Waals surface area contributed by atoms with E-state index >= 15 is 0 Å². The van der Waals surface area contributed by atoms with E-state index in [1.807, 2.05) is 0 Å². The summed E-state index contributed by atoms with van der Waals surface area (Å²) in [5, 5.41) is 10.9. The van der Waals surface area contributed by atoms with E-state index in [1.54, 1.807) is 51.5 Å². The predicted molar refractivity (Wildman–Crippen MR) is 92.6 cm³/mol. The first-order chi connectivity index (χ1) is 11.5. The highest BCUT2D eigenvalue weighted by molar-refractivity contribution is 7.92. The first-order valence-corrected chi connectivity index (χ1v) is 8.96. The molecule has 0 aliphatic carbocycles. The average Bonchev–Trinajstić information content (AvgIpc) is 2.56. The summed E-state index contributed by atoms with van der Waals surface area (Å²) in [6.45, 7) is 1.79. The summed E-state index contributed by atoms with van der Waals surface area (Å²) in [5.74, 6) is 1.93. The minimum Gasteiger partial charge on any atom is -0.497 e. The van der Waals surface area contributed by atoms with Crippen LogP contribution in [0.1, 0.15) is 13.3 Å². The van der Waals surface area contributed by atoms with E-state index in [0.29, 0.717) is 29.4 Å². The van der Waals surface area contributed by atoms with Crippen LogP contribution in [0.4, 0.5) is 17.3 Å². The summed E-state index contributed by atoms with van der Waals surface area (Å²) in [7, 11) is -0.254. The lowest BCUT2D eigenvalue weighted by molar-refractivity contribution is 0.395. The molecule has 0 amide bonds. The van der Waals surface area contributed by atoms with E-state index in [4.69, 9.17) is 9.47 Å². The van der Waals surface area contributed by atoms with Crippen LogP contribution in [0.5, 0.6) is 11.5 Å². The number of hydrogen-bond donors (Lipinski definition) is 2. The summed E-state index contributed by atoms with van der Waals surface area (Å²) in [4.78, 5) is 0. The maximum Gasteiger partial charge on any atom is 0.233 e. The van der Waals surface area contributed by atoms with Crippen LogP contribution in [0.15, 0.2) is 30.3 Å². The van der Waals surface area contributed by atoms with Gasteiger partial charge in [-0.05, 0) is 30.7 Å². The third-order valence-electron chi connectivity index (χ3n) is 3.07. The summed E-state index contributed by atoms with van der Waals surface area (Å²) < 4.78 is 36.2. The molecule has 0 aliphatic rings. The van der Waals surface area contributed by atoms with Gasteiger partial charge < -0.3 is 14.8 Å². The van der Waals surface area contributed by atoms with E-state index in [0.717, 1.165) is 0 Å². The Morgan fingerprint density at radius 1 is 1.04 bits per heavy atom.